The van der Waals surface area contributed by atoms with E-state index in [1.807, 2.05) is 26.0 Å². The Morgan fingerprint density at radius 3 is 2.41 bits per heavy atom. The molecule has 6 heteroatoms. The molecule has 2 aromatic rings. The van der Waals surface area contributed by atoms with Crippen molar-refractivity contribution in [1.29, 1.82) is 0 Å². The first-order chi connectivity index (χ1) is 14.0. The van der Waals surface area contributed by atoms with E-state index >= 15 is 0 Å². The minimum Gasteiger partial charge on any atom is -0.392 e. The second kappa shape index (κ2) is 10.1. The highest BCUT2D eigenvalue weighted by atomic mass is 19.1. The molecule has 5 nitrogen and oxygen atoms in total. The topological polar surface area (TPSA) is 52.5 Å². The molecule has 0 saturated carbocycles. The number of hydrogen-bond donors (Lipinski definition) is 1. The van der Waals surface area contributed by atoms with Gasteiger partial charge in [-0.05, 0) is 38.0 Å². The van der Waals surface area contributed by atoms with E-state index in [-0.39, 0.29) is 11.9 Å². The van der Waals surface area contributed by atoms with Gasteiger partial charge in [0.1, 0.15) is 17.5 Å². The van der Waals surface area contributed by atoms with Crippen molar-refractivity contribution in [2.24, 2.45) is 0 Å². The number of halogens is 1. The van der Waals surface area contributed by atoms with Crippen LogP contribution in [0.5, 0.6) is 0 Å². The third-order valence-electron chi connectivity index (χ3n) is 5.63. The molecule has 0 radical (unpaired) electrons. The molecule has 29 heavy (non-hydrogen) atoms. The number of aliphatic hydroxyl groups is 1. The van der Waals surface area contributed by atoms with E-state index in [1.54, 1.807) is 0 Å². The summed E-state index contributed by atoms with van der Waals surface area (Å²) in [6, 6.07) is 6.66. The predicted octanol–water partition coefficient (Wildman–Crippen LogP) is 3.50. The summed E-state index contributed by atoms with van der Waals surface area (Å²) in [6.45, 7) is 10.5. The van der Waals surface area contributed by atoms with Gasteiger partial charge in [-0.3, -0.25) is 4.90 Å². The molecule has 3 rings (SSSR count). The Labute approximate surface area is 173 Å². The molecule has 1 saturated heterocycles. The summed E-state index contributed by atoms with van der Waals surface area (Å²) in [7, 11) is 0. The zero-order valence-corrected chi connectivity index (χ0v) is 17.9. The van der Waals surface area contributed by atoms with Gasteiger partial charge < -0.3 is 10.0 Å². The normalized spacial score (nSPS) is 16.2. The van der Waals surface area contributed by atoms with Gasteiger partial charge in [-0.2, -0.15) is 0 Å². The van der Waals surface area contributed by atoms with Crippen molar-refractivity contribution in [3.05, 3.63) is 52.7 Å². The van der Waals surface area contributed by atoms with E-state index in [1.165, 1.54) is 12.1 Å². The summed E-state index contributed by atoms with van der Waals surface area (Å²) >= 11 is 0. The third-order valence-corrected chi connectivity index (χ3v) is 5.63. The quantitative estimate of drug-likeness (QED) is 0.735. The number of benzene rings is 1. The van der Waals surface area contributed by atoms with Gasteiger partial charge in [-0.15, -0.1) is 0 Å². The van der Waals surface area contributed by atoms with Crippen molar-refractivity contribution in [2.75, 3.05) is 37.6 Å². The Bertz CT molecular complexity index is 788. The van der Waals surface area contributed by atoms with Crippen LogP contribution in [-0.2, 0) is 6.42 Å². The summed E-state index contributed by atoms with van der Waals surface area (Å²) in [6.07, 6.45) is 3.53. The van der Waals surface area contributed by atoms with Crippen LogP contribution >= 0.6 is 0 Å². The van der Waals surface area contributed by atoms with Gasteiger partial charge in [0.15, 0.2) is 0 Å². The van der Waals surface area contributed by atoms with Crippen LogP contribution in [0.1, 0.15) is 48.8 Å². The Morgan fingerprint density at radius 2 is 1.76 bits per heavy atom. The van der Waals surface area contributed by atoms with Crippen LogP contribution < -0.4 is 4.90 Å². The number of hydrogen-bond acceptors (Lipinski definition) is 5. The summed E-state index contributed by atoms with van der Waals surface area (Å²) < 4.78 is 13.3. The number of unbranched alkanes of at least 4 members (excludes halogenated alkanes) is 1. The first-order valence-electron chi connectivity index (χ1n) is 10.7. The molecule has 1 aliphatic heterocycles. The first kappa shape index (κ1) is 21.7. The van der Waals surface area contributed by atoms with Crippen LogP contribution in [0.4, 0.5) is 10.2 Å². The van der Waals surface area contributed by atoms with Crippen molar-refractivity contribution in [1.82, 2.24) is 14.9 Å². The summed E-state index contributed by atoms with van der Waals surface area (Å²) in [4.78, 5) is 14.0. The molecule has 2 heterocycles. The molecule has 1 aromatic heterocycles. The molecule has 0 amide bonds. The van der Waals surface area contributed by atoms with Crippen molar-refractivity contribution in [2.45, 2.75) is 52.6 Å². The smallest absolute Gasteiger partial charge is 0.136 e. The zero-order chi connectivity index (χ0) is 20.8. The average Bonchev–Trinajstić information content (AvgIpc) is 2.70. The highest BCUT2D eigenvalue weighted by Gasteiger charge is 2.23. The molecule has 0 aliphatic carbocycles. The van der Waals surface area contributed by atoms with Gasteiger partial charge in [0, 0.05) is 50.4 Å². The van der Waals surface area contributed by atoms with Gasteiger partial charge in [-0.1, -0.05) is 31.9 Å². The number of anilines is 1. The van der Waals surface area contributed by atoms with Gasteiger partial charge in [-0.25, -0.2) is 14.4 Å². The fourth-order valence-corrected chi connectivity index (χ4v) is 3.96. The average molecular weight is 401 g/mol. The number of aryl methyl sites for hydroxylation is 2. The van der Waals surface area contributed by atoms with Crippen LogP contribution in [0.15, 0.2) is 24.3 Å². The number of nitrogens with zero attached hydrogens (tertiary/aromatic N) is 4. The molecule has 158 valence electrons. The zero-order valence-electron chi connectivity index (χ0n) is 17.9. The SMILES string of the molecule is CCCC[C@@H](O)CN1CCN(c2nc(C)nc(C)c2Cc2ccc(F)cc2)CC1. The lowest BCUT2D eigenvalue weighted by Crippen LogP contribution is -2.49. The Kier molecular flexibility index (Phi) is 7.56. The maximum absolute atomic E-state index is 13.3. The minimum atomic E-state index is -0.237. The third kappa shape index (κ3) is 5.97. The van der Waals surface area contributed by atoms with Crippen LogP contribution in [0.25, 0.3) is 0 Å². The minimum absolute atomic E-state index is 0.219. The van der Waals surface area contributed by atoms with E-state index in [0.29, 0.717) is 6.42 Å². The van der Waals surface area contributed by atoms with E-state index < -0.39 is 0 Å². The second-order valence-electron chi connectivity index (χ2n) is 8.05. The number of β-amino-alcohol motifs (C(OH)–C–C–N with tert-alkyl or cyclic N) is 1. The van der Waals surface area contributed by atoms with Crippen molar-refractivity contribution < 1.29 is 9.50 Å². The van der Waals surface area contributed by atoms with E-state index in [2.05, 4.69) is 21.7 Å². The predicted molar refractivity (Wildman–Crippen MR) is 115 cm³/mol. The standard InChI is InChI=1S/C23H33FN4O/c1-4-5-6-21(29)16-27-11-13-28(14-12-27)23-22(17(2)25-18(3)26-23)15-19-7-9-20(24)10-8-19/h7-10,21,29H,4-6,11-16H2,1-3H3/t21-/m1/s1. The number of piperazine rings is 1. The molecule has 1 atom stereocenters. The number of rotatable bonds is 8. The molecule has 1 aromatic carbocycles. The lowest BCUT2D eigenvalue weighted by atomic mass is 10.0. The Morgan fingerprint density at radius 1 is 1.07 bits per heavy atom. The summed E-state index contributed by atoms with van der Waals surface area (Å²) in [5.41, 5.74) is 3.15. The molecule has 1 fully saturated rings. The highest BCUT2D eigenvalue weighted by Crippen LogP contribution is 2.25. The molecular formula is C23H33FN4O. The monoisotopic (exact) mass is 400 g/mol. The highest BCUT2D eigenvalue weighted by molar-refractivity contribution is 5.51. The fraction of sp³-hybridized carbons (Fsp3) is 0.565. The molecule has 1 N–H and O–H groups in total. The Hall–Kier alpha value is -2.05. The van der Waals surface area contributed by atoms with Gasteiger partial charge in [0.25, 0.3) is 0 Å². The van der Waals surface area contributed by atoms with Crippen LogP contribution in [0, 0.1) is 19.7 Å². The van der Waals surface area contributed by atoms with Gasteiger partial charge >= 0.3 is 0 Å². The number of aliphatic hydroxyl groups excluding tert-OH is 1. The molecule has 0 bridgehead atoms. The maximum atomic E-state index is 13.3. The van der Waals surface area contributed by atoms with Crippen LogP contribution in [-0.4, -0.2) is 58.8 Å². The van der Waals surface area contributed by atoms with Crippen molar-refractivity contribution in [3.63, 3.8) is 0 Å². The van der Waals surface area contributed by atoms with Crippen LogP contribution in [0.2, 0.25) is 0 Å². The Balaban J connectivity index is 1.69. The van der Waals surface area contributed by atoms with Crippen molar-refractivity contribution in [3.8, 4) is 0 Å². The van der Waals surface area contributed by atoms with Crippen molar-refractivity contribution >= 4 is 5.82 Å². The molecule has 1 aliphatic rings. The maximum Gasteiger partial charge on any atom is 0.136 e. The molecular weight excluding hydrogens is 367 g/mol. The fourth-order valence-electron chi connectivity index (χ4n) is 3.96. The van der Waals surface area contributed by atoms with E-state index in [4.69, 9.17) is 4.98 Å². The lowest BCUT2D eigenvalue weighted by Gasteiger charge is -2.37. The first-order valence-corrected chi connectivity index (χ1v) is 10.7. The second-order valence-corrected chi connectivity index (χ2v) is 8.05. The van der Waals surface area contributed by atoms with Gasteiger partial charge in [0.05, 0.1) is 6.10 Å². The number of aromatic nitrogens is 2. The summed E-state index contributed by atoms with van der Waals surface area (Å²) in [5.74, 6) is 1.55. The lowest BCUT2D eigenvalue weighted by molar-refractivity contribution is 0.100. The van der Waals surface area contributed by atoms with E-state index in [9.17, 15) is 9.50 Å². The summed E-state index contributed by atoms with van der Waals surface area (Å²) in [5, 5.41) is 10.2. The molecule has 0 unspecified atom stereocenters. The largest absolute Gasteiger partial charge is 0.392 e. The van der Waals surface area contributed by atoms with Gasteiger partial charge in [0.2, 0.25) is 0 Å². The molecule has 0 spiro atoms. The van der Waals surface area contributed by atoms with E-state index in [0.717, 1.165) is 80.4 Å². The van der Waals surface area contributed by atoms with Crippen LogP contribution in [0.3, 0.4) is 0 Å².